The van der Waals surface area contributed by atoms with Crippen molar-refractivity contribution in [3.05, 3.63) is 65.7 Å². The molecule has 1 heteroatoms. The van der Waals surface area contributed by atoms with Gasteiger partial charge in [-0.3, -0.25) is 0 Å². The minimum Gasteiger partial charge on any atom is -0.376 e. The minimum absolute atomic E-state index is 0.0855. The first kappa shape index (κ1) is 14.6. The lowest BCUT2D eigenvalue weighted by Crippen LogP contribution is -2.28. The smallest absolute Gasteiger partial charge is 0.0569 e. The van der Waals surface area contributed by atoms with Crippen LogP contribution < -0.4 is 5.32 Å². The van der Waals surface area contributed by atoms with E-state index in [9.17, 15) is 0 Å². The first-order valence-corrected chi connectivity index (χ1v) is 7.23. The molecule has 0 amide bonds. The Morgan fingerprint density at radius 2 is 1.30 bits per heavy atom. The first-order valence-electron chi connectivity index (χ1n) is 7.23. The van der Waals surface area contributed by atoms with Crippen LogP contribution in [0, 0.1) is 0 Å². The second kappa shape index (κ2) is 5.32. The predicted molar refractivity (Wildman–Crippen MR) is 88.2 cm³/mol. The first-order chi connectivity index (χ1) is 9.29. The Bertz CT molecular complexity index is 562. The number of benzene rings is 2. The summed E-state index contributed by atoms with van der Waals surface area (Å²) in [5, 5.41) is 3.65. The van der Waals surface area contributed by atoms with Crippen LogP contribution in [0.4, 0.5) is 5.69 Å². The Balaban J connectivity index is 2.26. The summed E-state index contributed by atoms with van der Waals surface area (Å²) in [6.45, 7) is 11.2. The van der Waals surface area contributed by atoms with Crippen molar-refractivity contribution in [3.63, 3.8) is 0 Å². The van der Waals surface area contributed by atoms with E-state index in [4.69, 9.17) is 0 Å². The maximum atomic E-state index is 3.65. The van der Waals surface area contributed by atoms with E-state index in [2.05, 4.69) is 94.5 Å². The van der Waals surface area contributed by atoms with Gasteiger partial charge in [-0.05, 0) is 42.5 Å². The summed E-state index contributed by atoms with van der Waals surface area (Å²) in [6, 6.07) is 19.3. The van der Waals surface area contributed by atoms with Crippen LogP contribution in [0.3, 0.4) is 0 Å². The van der Waals surface area contributed by atoms with Crippen molar-refractivity contribution < 1.29 is 0 Å². The Hall–Kier alpha value is -1.76. The molecule has 0 unspecified atom stereocenters. The zero-order valence-corrected chi connectivity index (χ0v) is 13.2. The van der Waals surface area contributed by atoms with E-state index in [1.165, 1.54) is 16.8 Å². The fraction of sp³-hybridized carbons (Fsp3) is 0.368. The lowest BCUT2D eigenvalue weighted by molar-refractivity contribution is 0.587. The lowest BCUT2D eigenvalue weighted by Gasteiger charge is -2.29. The van der Waals surface area contributed by atoms with Gasteiger partial charge in [-0.1, -0.05) is 63.2 Å². The van der Waals surface area contributed by atoms with E-state index in [1.54, 1.807) is 0 Å². The van der Waals surface area contributed by atoms with Crippen molar-refractivity contribution in [1.82, 2.24) is 0 Å². The summed E-state index contributed by atoms with van der Waals surface area (Å²) < 4.78 is 0. The molecule has 0 aromatic heterocycles. The maximum Gasteiger partial charge on any atom is 0.0569 e. The molecule has 2 aromatic rings. The van der Waals surface area contributed by atoms with E-state index in [-0.39, 0.29) is 11.0 Å². The van der Waals surface area contributed by atoms with E-state index in [0.29, 0.717) is 0 Å². The summed E-state index contributed by atoms with van der Waals surface area (Å²) in [7, 11) is 0. The summed E-state index contributed by atoms with van der Waals surface area (Å²) in [5.74, 6) is 0. The number of rotatable bonds is 3. The van der Waals surface area contributed by atoms with Gasteiger partial charge in [0.25, 0.3) is 0 Å². The Morgan fingerprint density at radius 1 is 0.700 bits per heavy atom. The molecule has 2 rings (SSSR count). The molecular formula is C19H25N. The van der Waals surface area contributed by atoms with Crippen LogP contribution in [0.5, 0.6) is 0 Å². The van der Waals surface area contributed by atoms with Gasteiger partial charge in [0.05, 0.1) is 5.54 Å². The number of anilines is 1. The van der Waals surface area contributed by atoms with Crippen LogP contribution in [-0.2, 0) is 11.0 Å². The van der Waals surface area contributed by atoms with Gasteiger partial charge in [-0.25, -0.2) is 0 Å². The van der Waals surface area contributed by atoms with Gasteiger partial charge in [0, 0.05) is 5.69 Å². The third kappa shape index (κ3) is 3.41. The molecule has 0 atom stereocenters. The van der Waals surface area contributed by atoms with Crippen LogP contribution in [-0.4, -0.2) is 0 Å². The average molecular weight is 267 g/mol. The largest absolute Gasteiger partial charge is 0.376 e. The van der Waals surface area contributed by atoms with Crippen molar-refractivity contribution in [2.24, 2.45) is 0 Å². The molecule has 0 heterocycles. The fourth-order valence-corrected chi connectivity index (χ4v) is 2.35. The second-order valence-corrected chi connectivity index (χ2v) is 6.95. The van der Waals surface area contributed by atoms with Gasteiger partial charge < -0.3 is 5.32 Å². The molecule has 0 fully saturated rings. The van der Waals surface area contributed by atoms with Gasteiger partial charge in [0.2, 0.25) is 0 Å². The highest BCUT2D eigenvalue weighted by atomic mass is 15.0. The average Bonchev–Trinajstić information content (AvgIpc) is 2.38. The van der Waals surface area contributed by atoms with Crippen LogP contribution in [0.15, 0.2) is 54.6 Å². The SMILES string of the molecule is CC(C)(C)c1cccc(NC(C)(C)c2ccccc2)c1. The fourth-order valence-electron chi connectivity index (χ4n) is 2.35. The third-order valence-electron chi connectivity index (χ3n) is 3.68. The molecule has 0 bridgehead atoms. The Kier molecular flexibility index (Phi) is 3.89. The molecule has 0 saturated carbocycles. The van der Waals surface area contributed by atoms with Crippen molar-refractivity contribution in [2.45, 2.75) is 45.6 Å². The summed E-state index contributed by atoms with van der Waals surface area (Å²) in [4.78, 5) is 0. The van der Waals surface area contributed by atoms with Gasteiger partial charge in [0.15, 0.2) is 0 Å². The van der Waals surface area contributed by atoms with Crippen molar-refractivity contribution in [2.75, 3.05) is 5.32 Å². The molecule has 2 aromatic carbocycles. The number of nitrogens with one attached hydrogen (secondary N) is 1. The molecule has 106 valence electrons. The highest BCUT2D eigenvalue weighted by molar-refractivity contribution is 5.50. The molecule has 0 radical (unpaired) electrons. The highest BCUT2D eigenvalue weighted by Crippen LogP contribution is 2.29. The van der Waals surface area contributed by atoms with Gasteiger partial charge in [-0.15, -0.1) is 0 Å². The Labute approximate surface area is 123 Å². The molecule has 20 heavy (non-hydrogen) atoms. The monoisotopic (exact) mass is 267 g/mol. The van der Waals surface area contributed by atoms with Crippen molar-refractivity contribution in [3.8, 4) is 0 Å². The van der Waals surface area contributed by atoms with Gasteiger partial charge in [0.1, 0.15) is 0 Å². The summed E-state index contributed by atoms with van der Waals surface area (Å²) >= 11 is 0. The topological polar surface area (TPSA) is 12.0 Å². The zero-order valence-electron chi connectivity index (χ0n) is 13.2. The van der Waals surface area contributed by atoms with Crippen molar-refractivity contribution >= 4 is 5.69 Å². The number of hydrogen-bond donors (Lipinski definition) is 1. The normalized spacial score (nSPS) is 12.2. The third-order valence-corrected chi connectivity index (χ3v) is 3.68. The predicted octanol–water partition coefficient (Wildman–Crippen LogP) is 5.33. The van der Waals surface area contributed by atoms with Crippen molar-refractivity contribution in [1.29, 1.82) is 0 Å². The van der Waals surface area contributed by atoms with E-state index in [0.717, 1.165) is 0 Å². The highest BCUT2D eigenvalue weighted by Gasteiger charge is 2.20. The molecular weight excluding hydrogens is 242 g/mol. The molecule has 0 aliphatic rings. The van der Waals surface area contributed by atoms with E-state index in [1.807, 2.05) is 0 Å². The second-order valence-electron chi connectivity index (χ2n) is 6.95. The molecule has 1 nitrogen and oxygen atoms in total. The van der Waals surface area contributed by atoms with Crippen LogP contribution in [0.25, 0.3) is 0 Å². The zero-order chi connectivity index (χ0) is 14.8. The molecule has 1 N–H and O–H groups in total. The van der Waals surface area contributed by atoms with E-state index < -0.39 is 0 Å². The van der Waals surface area contributed by atoms with Gasteiger partial charge >= 0.3 is 0 Å². The Morgan fingerprint density at radius 3 is 1.90 bits per heavy atom. The summed E-state index contributed by atoms with van der Waals surface area (Å²) in [6.07, 6.45) is 0. The summed E-state index contributed by atoms with van der Waals surface area (Å²) in [5.41, 5.74) is 3.91. The standard InChI is InChI=1S/C19H25N/c1-18(2,3)16-12-9-13-17(14-16)20-19(4,5)15-10-7-6-8-11-15/h6-14,20H,1-5H3. The van der Waals surface area contributed by atoms with Crippen LogP contribution in [0.1, 0.15) is 45.7 Å². The number of hydrogen-bond acceptors (Lipinski definition) is 1. The van der Waals surface area contributed by atoms with E-state index >= 15 is 0 Å². The maximum absolute atomic E-state index is 3.65. The van der Waals surface area contributed by atoms with Crippen LogP contribution >= 0.6 is 0 Å². The molecule has 0 aliphatic heterocycles. The lowest BCUT2D eigenvalue weighted by atomic mass is 9.86. The minimum atomic E-state index is -0.0855. The molecule has 0 saturated heterocycles. The quantitative estimate of drug-likeness (QED) is 0.792. The van der Waals surface area contributed by atoms with Gasteiger partial charge in [-0.2, -0.15) is 0 Å². The molecule has 0 aliphatic carbocycles. The molecule has 0 spiro atoms. The van der Waals surface area contributed by atoms with Crippen LogP contribution in [0.2, 0.25) is 0 Å².